The Morgan fingerprint density at radius 2 is 1.73 bits per heavy atom. The first-order valence-electron chi connectivity index (χ1n) is 14.8. The second-order valence-electron chi connectivity index (χ2n) is 11.9. The number of methoxy groups -OCH3 is 2. The zero-order chi connectivity index (χ0) is 34.4. The quantitative estimate of drug-likeness (QED) is 0.292. The van der Waals surface area contributed by atoms with Crippen molar-refractivity contribution in [3.05, 3.63) is 102 Å². The van der Waals surface area contributed by atoms with Gasteiger partial charge in [-0.05, 0) is 24.6 Å². The Morgan fingerprint density at radius 1 is 1.02 bits per heavy atom. The van der Waals surface area contributed by atoms with Crippen LogP contribution in [0.5, 0.6) is 17.2 Å². The maximum Gasteiger partial charge on any atom is 0.336 e. The number of nitrogens with one attached hydrogen (secondary N) is 1. The highest BCUT2D eigenvalue weighted by Gasteiger charge is 2.64. The molecule has 3 aliphatic rings. The fraction of sp³-hybridized carbons (Fsp3) is 0.265. The van der Waals surface area contributed by atoms with Crippen molar-refractivity contribution in [2.75, 3.05) is 19.5 Å². The van der Waals surface area contributed by atoms with Crippen molar-refractivity contribution >= 4 is 35.0 Å². The summed E-state index contributed by atoms with van der Waals surface area (Å²) in [6.45, 7) is 1.69. The molecule has 2 aliphatic heterocycles. The topological polar surface area (TPSA) is 168 Å². The molecule has 0 amide bonds. The monoisotopic (exact) mass is 673 g/mol. The van der Waals surface area contributed by atoms with Crippen LogP contribution >= 0.6 is 11.6 Å². The molecule has 246 valence electrons. The van der Waals surface area contributed by atoms with E-state index in [1.54, 1.807) is 31.2 Å². The number of aromatic carboxylic acids is 1. The van der Waals surface area contributed by atoms with E-state index in [-0.39, 0.29) is 73.9 Å². The number of allylic oxidation sites excluding steroid dienone is 1. The number of aromatic nitrogens is 2. The van der Waals surface area contributed by atoms with Gasteiger partial charge in [-0.1, -0.05) is 36.7 Å². The van der Waals surface area contributed by atoms with Crippen molar-refractivity contribution in [1.29, 1.82) is 0 Å². The van der Waals surface area contributed by atoms with Crippen molar-refractivity contribution in [3.8, 4) is 28.6 Å². The van der Waals surface area contributed by atoms with Crippen LogP contribution < -0.4 is 30.8 Å². The van der Waals surface area contributed by atoms with Crippen molar-refractivity contribution in [2.45, 2.75) is 24.9 Å². The van der Waals surface area contributed by atoms with E-state index in [1.165, 1.54) is 51.1 Å². The Balaban J connectivity index is 1.46. The molecule has 1 spiro atoms. The number of Topliss-reactive ketones (excluding diaryl/α,β-unsaturated/α-hetero) is 2. The standard InChI is InChI=1S/C34H28ClN3O10/c1-14-12-17-22(28(39)34(14)29(40)24-20(45-4)13-21(46-5)26(35)27(24)48-34)23(25-30(36-17)37(2)33(44)38(3)31(25)41)19-11-10-18(47-19)15-8-6-7-9-16(15)32(42)43/h6-11,13-14,23,36H,12H2,1-5H3,(H,42,43)/t14-,23-,34+/m1/s1. The number of fused-ring (bicyclic) bond motifs is 2. The number of furan rings is 1. The number of ketones is 2. The summed E-state index contributed by atoms with van der Waals surface area (Å²) in [5, 5.41) is 12.9. The number of hydrogen-bond acceptors (Lipinski definition) is 10. The smallest absolute Gasteiger partial charge is 0.336 e. The Labute approximate surface area is 276 Å². The highest BCUT2D eigenvalue weighted by molar-refractivity contribution is 6.36. The second-order valence-corrected chi connectivity index (χ2v) is 12.2. The lowest BCUT2D eigenvalue weighted by Crippen LogP contribution is -2.58. The van der Waals surface area contributed by atoms with Gasteiger partial charge in [-0.3, -0.25) is 23.5 Å². The molecule has 48 heavy (non-hydrogen) atoms. The van der Waals surface area contributed by atoms with Gasteiger partial charge in [0.05, 0.1) is 31.3 Å². The van der Waals surface area contributed by atoms with Crippen LogP contribution in [0.4, 0.5) is 5.82 Å². The third kappa shape index (κ3) is 4.00. The minimum absolute atomic E-state index is 0.0152. The van der Waals surface area contributed by atoms with Crippen LogP contribution in [-0.2, 0) is 18.9 Å². The number of nitrogens with zero attached hydrogens (tertiary/aromatic N) is 2. The lowest BCUT2D eigenvalue weighted by Gasteiger charge is -2.42. The van der Waals surface area contributed by atoms with Crippen LogP contribution in [0.25, 0.3) is 11.3 Å². The van der Waals surface area contributed by atoms with Gasteiger partial charge in [-0.25, -0.2) is 9.59 Å². The van der Waals surface area contributed by atoms with E-state index in [4.69, 9.17) is 30.2 Å². The average Bonchev–Trinajstić information content (AvgIpc) is 3.69. The first kappa shape index (κ1) is 31.1. The van der Waals surface area contributed by atoms with E-state index < -0.39 is 46.2 Å². The van der Waals surface area contributed by atoms with Crippen molar-refractivity contribution in [1.82, 2.24) is 9.13 Å². The molecule has 14 heteroatoms. The number of ether oxygens (including phenoxy) is 3. The van der Waals surface area contributed by atoms with Crippen LogP contribution in [0.15, 0.2) is 67.7 Å². The summed E-state index contributed by atoms with van der Waals surface area (Å²) in [4.78, 5) is 68.4. The minimum Gasteiger partial charge on any atom is -0.496 e. The normalized spacial score (nSPS) is 21.0. The van der Waals surface area contributed by atoms with Crippen LogP contribution in [0.1, 0.15) is 51.3 Å². The van der Waals surface area contributed by atoms with Crippen LogP contribution in [0, 0.1) is 5.92 Å². The third-order valence-electron chi connectivity index (χ3n) is 9.41. The zero-order valence-corrected chi connectivity index (χ0v) is 27.1. The summed E-state index contributed by atoms with van der Waals surface area (Å²) in [7, 11) is 5.56. The highest BCUT2D eigenvalue weighted by Crippen LogP contribution is 2.56. The predicted molar refractivity (Wildman–Crippen MR) is 172 cm³/mol. The van der Waals surface area contributed by atoms with Gasteiger partial charge in [0.2, 0.25) is 17.2 Å². The Hall–Kier alpha value is -5.56. The average molecular weight is 674 g/mol. The van der Waals surface area contributed by atoms with Gasteiger partial charge < -0.3 is 29.1 Å². The molecule has 0 unspecified atom stereocenters. The van der Waals surface area contributed by atoms with Crippen LogP contribution in [0.3, 0.4) is 0 Å². The molecular formula is C34H28ClN3O10. The molecule has 0 saturated carbocycles. The first-order chi connectivity index (χ1) is 22.9. The molecule has 0 saturated heterocycles. The molecule has 1 aliphatic carbocycles. The fourth-order valence-corrected chi connectivity index (χ4v) is 7.28. The third-order valence-corrected chi connectivity index (χ3v) is 9.77. The SMILES string of the molecule is COc1cc(OC)c2c(c1Cl)O[C@@]1(C(=O)C3=C(C[C@H]1C)Nc1c(c(=O)n(C)c(=O)n1C)[C@@H]3c1ccc(-c3ccccc3C(=O)O)o1)C2=O. The van der Waals surface area contributed by atoms with E-state index in [1.807, 2.05) is 0 Å². The number of anilines is 1. The van der Waals surface area contributed by atoms with Crippen molar-refractivity contribution in [2.24, 2.45) is 20.0 Å². The van der Waals surface area contributed by atoms with Gasteiger partial charge in [0, 0.05) is 42.9 Å². The summed E-state index contributed by atoms with van der Waals surface area (Å²) in [5.41, 5.74) is -2.76. The van der Waals surface area contributed by atoms with Crippen molar-refractivity contribution < 1.29 is 38.1 Å². The van der Waals surface area contributed by atoms with Crippen LogP contribution in [-0.4, -0.2) is 51.6 Å². The molecule has 0 bridgehead atoms. The largest absolute Gasteiger partial charge is 0.496 e. The highest BCUT2D eigenvalue weighted by atomic mass is 35.5. The summed E-state index contributed by atoms with van der Waals surface area (Å²) in [6.07, 6.45) is 0.0899. The molecule has 0 fully saturated rings. The summed E-state index contributed by atoms with van der Waals surface area (Å²) < 4.78 is 25.6. The van der Waals surface area contributed by atoms with Gasteiger partial charge >= 0.3 is 11.7 Å². The number of carbonyl (C=O) groups excluding carboxylic acids is 2. The van der Waals surface area contributed by atoms with E-state index in [0.29, 0.717) is 5.70 Å². The minimum atomic E-state index is -2.10. The number of benzene rings is 2. The summed E-state index contributed by atoms with van der Waals surface area (Å²) >= 11 is 6.62. The van der Waals surface area contributed by atoms with E-state index >= 15 is 4.79 Å². The number of carboxylic acid groups (broad SMARTS) is 1. The lowest BCUT2D eigenvalue weighted by atomic mass is 9.66. The van der Waals surface area contributed by atoms with E-state index in [0.717, 1.165) is 4.57 Å². The Morgan fingerprint density at radius 3 is 2.42 bits per heavy atom. The summed E-state index contributed by atoms with van der Waals surface area (Å²) in [5.74, 6) is -3.92. The molecule has 7 rings (SSSR count). The number of rotatable bonds is 5. The second kappa shape index (κ2) is 10.7. The molecule has 13 nitrogen and oxygen atoms in total. The molecule has 2 aromatic carbocycles. The molecule has 4 aromatic rings. The molecular weight excluding hydrogens is 646 g/mol. The van der Waals surface area contributed by atoms with E-state index in [2.05, 4.69) is 5.32 Å². The molecule has 3 atom stereocenters. The summed E-state index contributed by atoms with van der Waals surface area (Å²) in [6, 6.07) is 10.8. The number of carbonyl (C=O) groups is 3. The number of hydrogen-bond donors (Lipinski definition) is 2. The first-order valence-corrected chi connectivity index (χ1v) is 15.2. The Bertz CT molecular complexity index is 2280. The van der Waals surface area contributed by atoms with Gasteiger partial charge in [-0.2, -0.15) is 0 Å². The van der Waals surface area contributed by atoms with Crippen LogP contribution in [0.2, 0.25) is 5.02 Å². The Kier molecular flexibility index (Phi) is 6.95. The predicted octanol–water partition coefficient (Wildman–Crippen LogP) is 4.15. The zero-order valence-electron chi connectivity index (χ0n) is 26.3. The fourth-order valence-electron chi connectivity index (χ4n) is 7.01. The van der Waals surface area contributed by atoms with Gasteiger partial charge in [0.25, 0.3) is 5.56 Å². The molecule has 2 aromatic heterocycles. The van der Waals surface area contributed by atoms with Gasteiger partial charge in [0.15, 0.2) is 5.75 Å². The van der Waals surface area contributed by atoms with Gasteiger partial charge in [0.1, 0.15) is 39.4 Å². The number of halogens is 1. The molecule has 4 heterocycles. The lowest BCUT2D eigenvalue weighted by molar-refractivity contribution is -0.130. The van der Waals surface area contributed by atoms with Crippen molar-refractivity contribution in [3.63, 3.8) is 0 Å². The number of carboxylic acids is 1. The van der Waals surface area contributed by atoms with E-state index in [9.17, 15) is 24.3 Å². The maximum absolute atomic E-state index is 15.0. The van der Waals surface area contributed by atoms with Gasteiger partial charge in [-0.15, -0.1) is 0 Å². The molecule has 2 N–H and O–H groups in total. The molecule has 0 radical (unpaired) electrons. The maximum atomic E-state index is 15.0.